The average molecular weight is 253 g/mol. The van der Waals surface area contributed by atoms with E-state index in [1.54, 1.807) is 12.3 Å². The SMILES string of the molecule is Nc1nccc(Nc2ccc3ncnc(N)c3c2)n1. The van der Waals surface area contributed by atoms with Crippen LogP contribution in [0.4, 0.5) is 23.3 Å². The molecule has 0 aliphatic carbocycles. The van der Waals surface area contributed by atoms with Crippen LogP contribution in [0.2, 0.25) is 0 Å². The summed E-state index contributed by atoms with van der Waals surface area (Å²) >= 11 is 0. The molecule has 5 N–H and O–H groups in total. The van der Waals surface area contributed by atoms with E-state index >= 15 is 0 Å². The number of aromatic nitrogens is 4. The molecule has 0 amide bonds. The van der Waals surface area contributed by atoms with Crippen LogP contribution in [-0.2, 0) is 0 Å². The number of nitrogens with two attached hydrogens (primary N) is 2. The van der Waals surface area contributed by atoms with E-state index in [0.717, 1.165) is 16.6 Å². The fourth-order valence-corrected chi connectivity index (χ4v) is 1.75. The van der Waals surface area contributed by atoms with E-state index in [-0.39, 0.29) is 5.95 Å². The van der Waals surface area contributed by atoms with Crippen molar-refractivity contribution in [3.05, 3.63) is 36.8 Å². The maximum Gasteiger partial charge on any atom is 0.221 e. The molecular weight excluding hydrogens is 242 g/mol. The minimum absolute atomic E-state index is 0.216. The second kappa shape index (κ2) is 4.37. The van der Waals surface area contributed by atoms with Gasteiger partial charge in [-0.1, -0.05) is 0 Å². The fourth-order valence-electron chi connectivity index (χ4n) is 1.75. The summed E-state index contributed by atoms with van der Waals surface area (Å²) in [4.78, 5) is 16.0. The van der Waals surface area contributed by atoms with Crippen molar-refractivity contribution in [3.8, 4) is 0 Å². The Labute approximate surface area is 108 Å². The first-order chi connectivity index (χ1) is 9.22. The maximum absolute atomic E-state index is 5.82. The molecule has 7 nitrogen and oxygen atoms in total. The Balaban J connectivity index is 2.00. The van der Waals surface area contributed by atoms with E-state index < -0.39 is 0 Å². The first kappa shape index (κ1) is 11.1. The standard InChI is InChI=1S/C12H11N7/c13-11-8-5-7(1-2-9(8)16-6-17-11)18-10-3-4-15-12(14)19-10/h1-6H,(H2,13,16,17)(H3,14,15,18,19). The third-order valence-corrected chi connectivity index (χ3v) is 2.61. The smallest absolute Gasteiger partial charge is 0.221 e. The summed E-state index contributed by atoms with van der Waals surface area (Å²) in [6.45, 7) is 0. The summed E-state index contributed by atoms with van der Waals surface area (Å²) in [5, 5.41) is 3.91. The number of nitrogens with zero attached hydrogens (tertiary/aromatic N) is 4. The van der Waals surface area contributed by atoms with Crippen molar-refractivity contribution in [1.82, 2.24) is 19.9 Å². The van der Waals surface area contributed by atoms with Crippen molar-refractivity contribution >= 4 is 34.2 Å². The van der Waals surface area contributed by atoms with E-state index in [1.807, 2.05) is 18.2 Å². The minimum atomic E-state index is 0.216. The molecule has 19 heavy (non-hydrogen) atoms. The molecule has 0 bridgehead atoms. The molecule has 0 spiro atoms. The van der Waals surface area contributed by atoms with E-state index in [0.29, 0.717) is 11.6 Å². The first-order valence-electron chi connectivity index (χ1n) is 5.58. The molecule has 1 aromatic carbocycles. The van der Waals surface area contributed by atoms with E-state index in [2.05, 4.69) is 25.3 Å². The van der Waals surface area contributed by atoms with Crippen LogP contribution in [0.3, 0.4) is 0 Å². The van der Waals surface area contributed by atoms with Gasteiger partial charge < -0.3 is 16.8 Å². The Kier molecular flexibility index (Phi) is 2.57. The summed E-state index contributed by atoms with van der Waals surface area (Å²) in [6.07, 6.45) is 3.03. The lowest BCUT2D eigenvalue weighted by Crippen LogP contribution is -1.99. The molecule has 0 atom stereocenters. The number of hydrogen-bond donors (Lipinski definition) is 3. The normalized spacial score (nSPS) is 10.5. The molecular formula is C12H11N7. The molecule has 7 heteroatoms. The maximum atomic E-state index is 5.82. The molecule has 0 saturated carbocycles. The van der Waals surface area contributed by atoms with E-state index in [1.165, 1.54) is 6.33 Å². The monoisotopic (exact) mass is 253 g/mol. The number of nitrogens with one attached hydrogen (secondary N) is 1. The van der Waals surface area contributed by atoms with Crippen molar-refractivity contribution in [1.29, 1.82) is 0 Å². The summed E-state index contributed by atoms with van der Waals surface area (Å²) in [5.74, 6) is 1.27. The molecule has 2 aromatic heterocycles. The lowest BCUT2D eigenvalue weighted by Gasteiger charge is -2.07. The summed E-state index contributed by atoms with van der Waals surface area (Å²) in [7, 11) is 0. The van der Waals surface area contributed by atoms with Gasteiger partial charge in [-0.05, 0) is 24.3 Å². The zero-order chi connectivity index (χ0) is 13.2. The lowest BCUT2D eigenvalue weighted by molar-refractivity contribution is 1.18. The molecule has 3 rings (SSSR count). The van der Waals surface area contributed by atoms with Gasteiger partial charge in [-0.2, -0.15) is 4.98 Å². The van der Waals surface area contributed by atoms with Gasteiger partial charge in [-0.15, -0.1) is 0 Å². The lowest BCUT2D eigenvalue weighted by atomic mass is 10.2. The minimum Gasteiger partial charge on any atom is -0.383 e. The number of rotatable bonds is 2. The second-order valence-electron chi connectivity index (χ2n) is 3.92. The Morgan fingerprint density at radius 1 is 1.00 bits per heavy atom. The van der Waals surface area contributed by atoms with Crippen LogP contribution in [0.5, 0.6) is 0 Å². The predicted molar refractivity (Wildman–Crippen MR) is 73.7 cm³/mol. The zero-order valence-corrected chi connectivity index (χ0v) is 9.91. The molecule has 0 unspecified atom stereocenters. The van der Waals surface area contributed by atoms with Gasteiger partial charge in [0.1, 0.15) is 18.0 Å². The topological polar surface area (TPSA) is 116 Å². The number of fused-ring (bicyclic) bond motifs is 1. The Hall–Kier alpha value is -2.96. The van der Waals surface area contributed by atoms with Gasteiger partial charge in [-0.25, -0.2) is 15.0 Å². The molecule has 3 aromatic rings. The second-order valence-corrected chi connectivity index (χ2v) is 3.92. The van der Waals surface area contributed by atoms with Crippen molar-refractivity contribution in [3.63, 3.8) is 0 Å². The molecule has 2 heterocycles. The molecule has 0 saturated heterocycles. The Bertz CT molecular complexity index is 741. The summed E-state index contributed by atoms with van der Waals surface area (Å²) in [6, 6.07) is 7.34. The molecule has 94 valence electrons. The van der Waals surface area contributed by atoms with Gasteiger partial charge in [0.15, 0.2) is 0 Å². The highest BCUT2D eigenvalue weighted by Crippen LogP contribution is 2.23. The average Bonchev–Trinajstić information content (AvgIpc) is 2.40. The van der Waals surface area contributed by atoms with Crippen LogP contribution in [0.25, 0.3) is 10.9 Å². The number of benzene rings is 1. The third-order valence-electron chi connectivity index (χ3n) is 2.61. The quantitative estimate of drug-likeness (QED) is 0.630. The van der Waals surface area contributed by atoms with Gasteiger partial charge in [-0.3, -0.25) is 0 Å². The van der Waals surface area contributed by atoms with Gasteiger partial charge in [0.25, 0.3) is 0 Å². The van der Waals surface area contributed by atoms with Crippen LogP contribution in [0.1, 0.15) is 0 Å². The van der Waals surface area contributed by atoms with E-state index in [4.69, 9.17) is 11.5 Å². The van der Waals surface area contributed by atoms with Gasteiger partial charge in [0, 0.05) is 17.3 Å². The highest BCUT2D eigenvalue weighted by atomic mass is 15.1. The van der Waals surface area contributed by atoms with Crippen LogP contribution >= 0.6 is 0 Å². The van der Waals surface area contributed by atoms with Crippen LogP contribution in [0.15, 0.2) is 36.8 Å². The fraction of sp³-hybridized carbons (Fsp3) is 0. The zero-order valence-electron chi connectivity index (χ0n) is 9.91. The van der Waals surface area contributed by atoms with Crippen LogP contribution < -0.4 is 16.8 Å². The third kappa shape index (κ3) is 2.21. The predicted octanol–water partition coefficient (Wildman–Crippen LogP) is 1.33. The molecule has 0 radical (unpaired) electrons. The highest BCUT2D eigenvalue weighted by Gasteiger charge is 2.03. The molecule has 0 fully saturated rings. The van der Waals surface area contributed by atoms with Crippen molar-refractivity contribution in [2.45, 2.75) is 0 Å². The Morgan fingerprint density at radius 2 is 1.89 bits per heavy atom. The van der Waals surface area contributed by atoms with Crippen LogP contribution in [0, 0.1) is 0 Å². The molecule has 0 aliphatic heterocycles. The number of anilines is 4. The van der Waals surface area contributed by atoms with Crippen molar-refractivity contribution in [2.75, 3.05) is 16.8 Å². The Morgan fingerprint density at radius 3 is 2.74 bits per heavy atom. The number of hydrogen-bond acceptors (Lipinski definition) is 7. The van der Waals surface area contributed by atoms with Gasteiger partial charge in [0.05, 0.1) is 5.52 Å². The summed E-state index contributed by atoms with van der Waals surface area (Å²) in [5.41, 5.74) is 13.0. The van der Waals surface area contributed by atoms with Crippen LogP contribution in [-0.4, -0.2) is 19.9 Å². The molecule has 0 aliphatic rings. The van der Waals surface area contributed by atoms with Crippen molar-refractivity contribution < 1.29 is 0 Å². The van der Waals surface area contributed by atoms with E-state index in [9.17, 15) is 0 Å². The largest absolute Gasteiger partial charge is 0.383 e. The first-order valence-corrected chi connectivity index (χ1v) is 5.58. The summed E-state index contributed by atoms with van der Waals surface area (Å²) < 4.78 is 0. The highest BCUT2D eigenvalue weighted by molar-refractivity contribution is 5.90. The van der Waals surface area contributed by atoms with Crippen molar-refractivity contribution in [2.24, 2.45) is 0 Å². The number of nitrogen functional groups attached to an aromatic ring is 2. The van der Waals surface area contributed by atoms with Gasteiger partial charge >= 0.3 is 0 Å². The van der Waals surface area contributed by atoms with Gasteiger partial charge in [0.2, 0.25) is 5.95 Å².